The Bertz CT molecular complexity index is 1390. The molecule has 1 aliphatic rings. The summed E-state index contributed by atoms with van der Waals surface area (Å²) in [5, 5.41) is 8.72. The first-order valence-electron chi connectivity index (χ1n) is 12.5. The minimum absolute atomic E-state index is 0.148. The molecular weight excluding hydrogens is 484 g/mol. The van der Waals surface area contributed by atoms with Gasteiger partial charge in [0, 0.05) is 5.39 Å². The van der Waals surface area contributed by atoms with Crippen molar-refractivity contribution in [3.63, 3.8) is 0 Å². The molecular formula is C29H30N4O5. The van der Waals surface area contributed by atoms with Crippen LogP contribution >= 0.6 is 0 Å². The highest BCUT2D eigenvalue weighted by molar-refractivity contribution is 6.16. The van der Waals surface area contributed by atoms with E-state index in [2.05, 4.69) is 20.9 Å². The maximum Gasteiger partial charge on any atom is 0.270 e. The molecule has 4 amide bonds. The van der Waals surface area contributed by atoms with Gasteiger partial charge < -0.3 is 10.6 Å². The molecule has 2 heterocycles. The zero-order valence-corrected chi connectivity index (χ0v) is 21.4. The number of carbonyl (C=O) groups is 5. The zero-order valence-electron chi connectivity index (χ0n) is 21.4. The average Bonchev–Trinajstić information content (AvgIpc) is 3.17. The zero-order chi connectivity index (χ0) is 27.4. The second-order valence-electron chi connectivity index (χ2n) is 9.84. The van der Waals surface area contributed by atoms with Crippen LogP contribution in [0.25, 0.3) is 10.9 Å². The summed E-state index contributed by atoms with van der Waals surface area (Å²) in [4.78, 5) is 68.1. The third-order valence-corrected chi connectivity index (χ3v) is 6.77. The predicted molar refractivity (Wildman–Crippen MR) is 141 cm³/mol. The number of hydrogen-bond acceptors (Lipinski definition) is 6. The Hall–Kier alpha value is -4.40. The Balaban J connectivity index is 1.51. The third kappa shape index (κ3) is 5.77. The molecule has 0 bridgehead atoms. The lowest BCUT2D eigenvalue weighted by Crippen LogP contribution is -2.49. The number of hydrogen-bond donors (Lipinski definition) is 3. The van der Waals surface area contributed by atoms with Crippen molar-refractivity contribution < 1.29 is 24.0 Å². The minimum Gasteiger partial charge on any atom is -0.346 e. The topological polar surface area (TPSA) is 134 Å². The van der Waals surface area contributed by atoms with E-state index in [9.17, 15) is 24.0 Å². The number of rotatable bonds is 9. The number of Topliss-reactive ketones (excluding diaryl/α,β-unsaturated/α-hetero) is 1. The maximum absolute atomic E-state index is 13.2. The summed E-state index contributed by atoms with van der Waals surface area (Å²) in [5.41, 5.74) is 1.60. The van der Waals surface area contributed by atoms with E-state index in [0.29, 0.717) is 11.1 Å². The number of para-hydroxylation sites is 1. The Kier molecular flexibility index (Phi) is 7.95. The highest BCUT2D eigenvalue weighted by Gasteiger charge is 2.46. The first kappa shape index (κ1) is 26.7. The molecule has 4 atom stereocenters. The Morgan fingerprint density at radius 1 is 0.895 bits per heavy atom. The lowest BCUT2D eigenvalue weighted by Gasteiger charge is -2.26. The fourth-order valence-electron chi connectivity index (χ4n) is 4.61. The lowest BCUT2D eigenvalue weighted by atomic mass is 9.85. The number of ketones is 1. The van der Waals surface area contributed by atoms with Crippen molar-refractivity contribution in [2.24, 2.45) is 17.8 Å². The van der Waals surface area contributed by atoms with E-state index >= 15 is 0 Å². The highest BCUT2D eigenvalue weighted by Crippen LogP contribution is 2.24. The monoisotopic (exact) mass is 514 g/mol. The molecule has 9 nitrogen and oxygen atoms in total. The number of nitrogens with one attached hydrogen (secondary N) is 3. The van der Waals surface area contributed by atoms with E-state index in [1.807, 2.05) is 36.4 Å². The second-order valence-corrected chi connectivity index (χ2v) is 9.84. The smallest absolute Gasteiger partial charge is 0.270 e. The van der Waals surface area contributed by atoms with Crippen LogP contribution in [0.2, 0.25) is 0 Å². The molecule has 9 heteroatoms. The van der Waals surface area contributed by atoms with Gasteiger partial charge in [0.15, 0.2) is 5.78 Å². The quantitative estimate of drug-likeness (QED) is 0.297. The number of imide groups is 1. The van der Waals surface area contributed by atoms with Crippen LogP contribution in [0.1, 0.15) is 49.3 Å². The van der Waals surface area contributed by atoms with Crippen molar-refractivity contribution in [3.05, 3.63) is 78.0 Å². The van der Waals surface area contributed by atoms with Gasteiger partial charge in [0.2, 0.25) is 17.7 Å². The predicted octanol–water partition coefficient (Wildman–Crippen LogP) is 2.71. The summed E-state index contributed by atoms with van der Waals surface area (Å²) in [6.45, 7) is 5.03. The number of fused-ring (bicyclic) bond motifs is 1. The van der Waals surface area contributed by atoms with Crippen molar-refractivity contribution in [1.29, 1.82) is 0 Å². The Morgan fingerprint density at radius 2 is 1.58 bits per heavy atom. The van der Waals surface area contributed by atoms with E-state index in [4.69, 9.17) is 0 Å². The average molecular weight is 515 g/mol. The van der Waals surface area contributed by atoms with Gasteiger partial charge in [0.05, 0.1) is 29.9 Å². The molecule has 1 aromatic heterocycles. The Morgan fingerprint density at radius 3 is 2.24 bits per heavy atom. The molecule has 0 aliphatic carbocycles. The number of aromatic nitrogens is 1. The van der Waals surface area contributed by atoms with E-state index < -0.39 is 53.3 Å². The van der Waals surface area contributed by atoms with Gasteiger partial charge in [-0.25, -0.2) is 4.98 Å². The van der Waals surface area contributed by atoms with Gasteiger partial charge in [-0.3, -0.25) is 29.3 Å². The molecule has 1 saturated heterocycles. The highest BCUT2D eigenvalue weighted by atomic mass is 16.2. The van der Waals surface area contributed by atoms with Gasteiger partial charge in [-0.05, 0) is 23.6 Å². The molecule has 2 aromatic carbocycles. The number of amides is 4. The SMILES string of the molecule is CC(C)[C@@H](NC(=O)C[C@H](NC(=O)c1ccc2ccccc2n1)c1ccccc1)C(=O)[C@@H]1C(=O)NC(=O)[C@@H]1C. The summed E-state index contributed by atoms with van der Waals surface area (Å²) in [7, 11) is 0. The Labute approximate surface area is 220 Å². The normalized spacial score (nSPS) is 18.6. The van der Waals surface area contributed by atoms with Crippen LogP contribution in [0.5, 0.6) is 0 Å². The van der Waals surface area contributed by atoms with E-state index in [1.54, 1.807) is 44.2 Å². The van der Waals surface area contributed by atoms with Crippen LogP contribution in [-0.4, -0.2) is 40.4 Å². The van der Waals surface area contributed by atoms with Crippen molar-refractivity contribution in [1.82, 2.24) is 20.9 Å². The number of benzene rings is 2. The fraction of sp³-hybridized carbons (Fsp3) is 0.310. The van der Waals surface area contributed by atoms with E-state index in [0.717, 1.165) is 5.39 Å². The van der Waals surface area contributed by atoms with Crippen LogP contribution in [-0.2, 0) is 19.2 Å². The van der Waals surface area contributed by atoms with Crippen LogP contribution in [0.15, 0.2) is 66.7 Å². The van der Waals surface area contributed by atoms with Gasteiger partial charge in [0.25, 0.3) is 5.91 Å². The summed E-state index contributed by atoms with van der Waals surface area (Å²) in [5.74, 6) is -4.86. The van der Waals surface area contributed by atoms with Gasteiger partial charge in [-0.1, -0.05) is 75.4 Å². The molecule has 0 saturated carbocycles. The molecule has 4 rings (SSSR count). The number of nitrogens with zero attached hydrogens (tertiary/aromatic N) is 1. The molecule has 0 unspecified atom stereocenters. The molecule has 3 aromatic rings. The fourth-order valence-corrected chi connectivity index (χ4v) is 4.61. The summed E-state index contributed by atoms with van der Waals surface area (Å²) in [6.07, 6.45) is -0.148. The van der Waals surface area contributed by atoms with Gasteiger partial charge >= 0.3 is 0 Å². The summed E-state index contributed by atoms with van der Waals surface area (Å²) < 4.78 is 0. The van der Waals surface area contributed by atoms with Crippen LogP contribution < -0.4 is 16.0 Å². The van der Waals surface area contributed by atoms with Crippen LogP contribution in [0.3, 0.4) is 0 Å². The van der Waals surface area contributed by atoms with Crippen molar-refractivity contribution in [2.75, 3.05) is 0 Å². The second kappa shape index (κ2) is 11.3. The van der Waals surface area contributed by atoms with Crippen LogP contribution in [0.4, 0.5) is 0 Å². The van der Waals surface area contributed by atoms with E-state index in [-0.39, 0.29) is 18.0 Å². The van der Waals surface area contributed by atoms with Crippen LogP contribution in [0, 0.1) is 17.8 Å². The van der Waals surface area contributed by atoms with Crippen molar-refractivity contribution in [2.45, 2.75) is 39.3 Å². The largest absolute Gasteiger partial charge is 0.346 e. The molecule has 0 spiro atoms. The maximum atomic E-state index is 13.2. The molecule has 38 heavy (non-hydrogen) atoms. The number of carbonyl (C=O) groups excluding carboxylic acids is 5. The van der Waals surface area contributed by atoms with Crippen molar-refractivity contribution >= 4 is 40.3 Å². The summed E-state index contributed by atoms with van der Waals surface area (Å²) >= 11 is 0. The molecule has 1 aliphatic heterocycles. The molecule has 0 radical (unpaired) electrons. The lowest BCUT2D eigenvalue weighted by molar-refractivity contribution is -0.137. The van der Waals surface area contributed by atoms with Crippen molar-refractivity contribution in [3.8, 4) is 0 Å². The summed E-state index contributed by atoms with van der Waals surface area (Å²) in [6, 6.07) is 18.2. The van der Waals surface area contributed by atoms with Gasteiger partial charge in [-0.15, -0.1) is 0 Å². The standard InChI is InChI=1S/C29H30N4O5/c1-16(2)25(26(35)24-17(3)27(36)33-29(24)38)32-23(34)15-22(18-9-5-4-6-10-18)31-28(37)21-14-13-19-11-7-8-12-20(19)30-21/h4-14,16-17,22,24-25H,15H2,1-3H3,(H,31,37)(H,32,34)(H,33,36,38)/t17-,22+,24-,25-/m1/s1. The molecule has 1 fully saturated rings. The van der Waals surface area contributed by atoms with Gasteiger partial charge in [-0.2, -0.15) is 0 Å². The third-order valence-electron chi connectivity index (χ3n) is 6.77. The molecule has 196 valence electrons. The first-order chi connectivity index (χ1) is 18.2. The minimum atomic E-state index is -1.15. The molecule has 3 N–H and O–H groups in total. The first-order valence-corrected chi connectivity index (χ1v) is 12.5. The number of pyridine rings is 1. The van der Waals surface area contributed by atoms with E-state index in [1.165, 1.54) is 6.92 Å². The van der Waals surface area contributed by atoms with Gasteiger partial charge in [0.1, 0.15) is 11.6 Å².